The number of nitrogens with two attached hydrogens (primary N) is 1. The summed E-state index contributed by atoms with van der Waals surface area (Å²) in [7, 11) is 0. The molecule has 4 N–H and O–H groups in total. The van der Waals surface area contributed by atoms with Crippen LogP contribution in [0.3, 0.4) is 0 Å². The average Bonchev–Trinajstić information content (AvgIpc) is 2.67. The Hall–Kier alpha value is -1.26. The fourth-order valence-electron chi connectivity index (χ4n) is 2.71. The molecule has 5 nitrogen and oxygen atoms in total. The van der Waals surface area contributed by atoms with Gasteiger partial charge < -0.3 is 16.3 Å². The molecule has 0 aromatic rings. The molecule has 0 aliphatic heterocycles. The van der Waals surface area contributed by atoms with Gasteiger partial charge in [-0.3, -0.25) is 4.79 Å². The minimum Gasteiger partial charge on any atom is -0.409 e. The van der Waals surface area contributed by atoms with E-state index >= 15 is 0 Å². The van der Waals surface area contributed by atoms with Gasteiger partial charge in [-0.2, -0.15) is 0 Å². The maximum absolute atomic E-state index is 12.2. The van der Waals surface area contributed by atoms with Gasteiger partial charge in [-0.05, 0) is 24.7 Å². The lowest BCUT2D eigenvalue weighted by Gasteiger charge is -2.28. The van der Waals surface area contributed by atoms with Crippen LogP contribution in [0.5, 0.6) is 0 Å². The molecule has 5 heteroatoms. The third-order valence-electron chi connectivity index (χ3n) is 4.00. The quantitative estimate of drug-likeness (QED) is 0.303. The van der Waals surface area contributed by atoms with E-state index in [0.717, 1.165) is 25.7 Å². The van der Waals surface area contributed by atoms with Gasteiger partial charge in [-0.25, -0.2) is 0 Å². The minimum absolute atomic E-state index is 0.0511. The average molecular weight is 255 g/mol. The highest BCUT2D eigenvalue weighted by molar-refractivity contribution is 5.83. The molecule has 1 fully saturated rings. The number of hydrogen-bond donors (Lipinski definition) is 3. The van der Waals surface area contributed by atoms with Gasteiger partial charge in [0.15, 0.2) is 0 Å². The van der Waals surface area contributed by atoms with Crippen molar-refractivity contribution in [3.63, 3.8) is 0 Å². The van der Waals surface area contributed by atoms with E-state index in [1.165, 1.54) is 0 Å². The van der Waals surface area contributed by atoms with E-state index in [1.807, 2.05) is 6.92 Å². The lowest BCUT2D eigenvalue weighted by atomic mass is 9.81. The molecule has 1 saturated carbocycles. The first-order chi connectivity index (χ1) is 8.40. The van der Waals surface area contributed by atoms with Crippen LogP contribution < -0.4 is 11.1 Å². The van der Waals surface area contributed by atoms with Crippen LogP contribution in [0, 0.1) is 11.3 Å². The number of rotatable bonds is 5. The van der Waals surface area contributed by atoms with Crippen LogP contribution in [-0.2, 0) is 4.79 Å². The van der Waals surface area contributed by atoms with Crippen molar-refractivity contribution in [3.8, 4) is 0 Å². The number of amidine groups is 1. The van der Waals surface area contributed by atoms with Crippen LogP contribution >= 0.6 is 0 Å². The number of oxime groups is 1. The molecular weight excluding hydrogens is 230 g/mol. The summed E-state index contributed by atoms with van der Waals surface area (Å²) < 4.78 is 0. The molecule has 2 unspecified atom stereocenters. The van der Waals surface area contributed by atoms with Gasteiger partial charge in [0, 0.05) is 18.4 Å². The first-order valence-electron chi connectivity index (χ1n) is 6.67. The monoisotopic (exact) mass is 255 g/mol. The van der Waals surface area contributed by atoms with Gasteiger partial charge in [0.1, 0.15) is 5.84 Å². The first-order valence-corrected chi connectivity index (χ1v) is 6.67. The third-order valence-corrected chi connectivity index (χ3v) is 4.00. The number of hydrogen-bond acceptors (Lipinski definition) is 3. The van der Waals surface area contributed by atoms with Crippen molar-refractivity contribution in [1.82, 2.24) is 5.32 Å². The minimum atomic E-state index is -0.0511. The molecule has 2 atom stereocenters. The zero-order chi connectivity index (χ0) is 13.8. The summed E-state index contributed by atoms with van der Waals surface area (Å²) in [5, 5.41) is 14.5. The van der Waals surface area contributed by atoms with Crippen molar-refractivity contribution in [2.24, 2.45) is 22.2 Å². The Morgan fingerprint density at radius 1 is 1.61 bits per heavy atom. The molecule has 0 aromatic heterocycles. The molecule has 18 heavy (non-hydrogen) atoms. The van der Waals surface area contributed by atoms with Gasteiger partial charge >= 0.3 is 0 Å². The Bertz CT molecular complexity index is 326. The van der Waals surface area contributed by atoms with Crippen molar-refractivity contribution in [2.75, 3.05) is 0 Å². The zero-order valence-electron chi connectivity index (χ0n) is 11.6. The lowest BCUT2D eigenvalue weighted by Crippen LogP contribution is -2.43. The van der Waals surface area contributed by atoms with E-state index in [0.29, 0.717) is 6.42 Å². The molecule has 1 aliphatic rings. The Morgan fingerprint density at radius 2 is 2.28 bits per heavy atom. The van der Waals surface area contributed by atoms with Gasteiger partial charge in [0.2, 0.25) is 5.91 Å². The number of carbonyl (C=O) groups is 1. The molecule has 1 aliphatic carbocycles. The van der Waals surface area contributed by atoms with Gasteiger partial charge in [0.25, 0.3) is 0 Å². The van der Waals surface area contributed by atoms with E-state index in [4.69, 9.17) is 10.9 Å². The summed E-state index contributed by atoms with van der Waals surface area (Å²) in [6, 6.07) is -0.0511. The van der Waals surface area contributed by atoms with Crippen molar-refractivity contribution in [3.05, 3.63) is 0 Å². The Kier molecular flexibility index (Phi) is 4.99. The number of carbonyl (C=O) groups excluding carboxylic acids is 1. The van der Waals surface area contributed by atoms with Crippen molar-refractivity contribution in [2.45, 2.75) is 58.9 Å². The molecule has 0 spiro atoms. The highest BCUT2D eigenvalue weighted by Crippen LogP contribution is 2.42. The Balaban J connectivity index is 2.57. The normalized spacial score (nSPS) is 24.8. The fraction of sp³-hybridized carbons (Fsp3) is 0.846. The highest BCUT2D eigenvalue weighted by Gasteiger charge is 2.39. The van der Waals surface area contributed by atoms with Crippen molar-refractivity contribution < 1.29 is 10.0 Å². The van der Waals surface area contributed by atoms with Gasteiger partial charge in [-0.15, -0.1) is 0 Å². The third kappa shape index (κ3) is 3.62. The van der Waals surface area contributed by atoms with Crippen molar-refractivity contribution >= 4 is 11.7 Å². The molecule has 0 radical (unpaired) electrons. The maximum atomic E-state index is 12.2. The SMILES string of the molecule is CCC(CC(N)=NO)NC(=O)C1CCCC1(C)C. The first kappa shape index (κ1) is 14.8. The maximum Gasteiger partial charge on any atom is 0.223 e. The molecular formula is C13H25N3O2. The van der Waals surface area contributed by atoms with Crippen LogP contribution in [0.4, 0.5) is 0 Å². The van der Waals surface area contributed by atoms with E-state index in [-0.39, 0.29) is 29.1 Å². The standard InChI is InChI=1S/C13H25N3O2/c1-4-9(8-11(14)16-18)15-12(17)10-6-5-7-13(10,2)3/h9-10,18H,4-8H2,1-3H3,(H2,14,16)(H,15,17). The fourth-order valence-corrected chi connectivity index (χ4v) is 2.71. The summed E-state index contributed by atoms with van der Waals surface area (Å²) in [4.78, 5) is 12.2. The molecule has 0 saturated heterocycles. The Morgan fingerprint density at radius 3 is 2.72 bits per heavy atom. The van der Waals surface area contributed by atoms with E-state index in [9.17, 15) is 4.79 Å². The smallest absolute Gasteiger partial charge is 0.223 e. The number of nitrogens with zero attached hydrogens (tertiary/aromatic N) is 1. The molecule has 1 amide bonds. The number of nitrogens with one attached hydrogen (secondary N) is 1. The van der Waals surface area contributed by atoms with Crippen LogP contribution in [0.1, 0.15) is 52.9 Å². The predicted molar refractivity (Wildman–Crippen MR) is 71.4 cm³/mol. The summed E-state index contributed by atoms with van der Waals surface area (Å²) in [5.74, 6) is 0.349. The summed E-state index contributed by atoms with van der Waals surface area (Å²) in [6.45, 7) is 6.28. The van der Waals surface area contributed by atoms with Crippen molar-refractivity contribution in [1.29, 1.82) is 0 Å². The molecule has 0 aromatic carbocycles. The van der Waals surface area contributed by atoms with Gasteiger partial charge in [-0.1, -0.05) is 32.3 Å². The second kappa shape index (κ2) is 6.07. The molecule has 0 heterocycles. The zero-order valence-corrected chi connectivity index (χ0v) is 11.6. The topological polar surface area (TPSA) is 87.7 Å². The van der Waals surface area contributed by atoms with E-state index < -0.39 is 0 Å². The Labute approximate surface area is 109 Å². The van der Waals surface area contributed by atoms with Crippen LogP contribution in [0.15, 0.2) is 5.16 Å². The van der Waals surface area contributed by atoms with E-state index in [1.54, 1.807) is 0 Å². The summed E-state index contributed by atoms with van der Waals surface area (Å²) in [6.07, 6.45) is 4.34. The van der Waals surface area contributed by atoms with Crippen LogP contribution in [-0.4, -0.2) is 23.0 Å². The largest absolute Gasteiger partial charge is 0.409 e. The van der Waals surface area contributed by atoms with E-state index in [2.05, 4.69) is 24.3 Å². The van der Waals surface area contributed by atoms with Crippen LogP contribution in [0.2, 0.25) is 0 Å². The second-order valence-electron chi connectivity index (χ2n) is 5.84. The lowest BCUT2D eigenvalue weighted by molar-refractivity contribution is -0.128. The number of amides is 1. The highest BCUT2D eigenvalue weighted by atomic mass is 16.4. The molecule has 0 bridgehead atoms. The van der Waals surface area contributed by atoms with Crippen LogP contribution in [0.25, 0.3) is 0 Å². The second-order valence-corrected chi connectivity index (χ2v) is 5.84. The molecule has 1 rings (SSSR count). The summed E-state index contributed by atoms with van der Waals surface area (Å²) in [5.41, 5.74) is 5.56. The molecule has 104 valence electrons. The van der Waals surface area contributed by atoms with Gasteiger partial charge in [0.05, 0.1) is 0 Å². The summed E-state index contributed by atoms with van der Waals surface area (Å²) >= 11 is 0. The predicted octanol–water partition coefficient (Wildman–Crippen LogP) is 1.84.